The third kappa shape index (κ3) is 6.03. The van der Waals surface area contributed by atoms with Crippen LogP contribution in [0.5, 0.6) is 11.5 Å². The number of ether oxygens (including phenoxy) is 1. The Hall–Kier alpha value is -7.89. The van der Waals surface area contributed by atoms with Crippen LogP contribution in [-0.2, 0) is 12.1 Å². The fourth-order valence-electron chi connectivity index (χ4n) is 9.87. The van der Waals surface area contributed by atoms with Crippen molar-refractivity contribution in [2.24, 2.45) is 0 Å². The van der Waals surface area contributed by atoms with Crippen molar-refractivity contribution in [3.63, 3.8) is 0 Å². The molecule has 0 atom stereocenters. The van der Waals surface area contributed by atoms with Gasteiger partial charge in [-0.3, -0.25) is 4.57 Å². The highest BCUT2D eigenvalue weighted by Gasteiger charge is 2.26. The highest BCUT2D eigenvalue weighted by atomic mass is 16.5. The van der Waals surface area contributed by atoms with Gasteiger partial charge in [0.15, 0.2) is 0 Å². The SMILES string of the molecule is CC(C)(C)c1ccnc(-n2c3ccccc3c3ccc(Oc4cccc(N5Cn6c7c(-c8ccccc8)cccc7c7ccccc7c7ccccc7c7cccc5c76)c4)cc32)c1. The van der Waals surface area contributed by atoms with Gasteiger partial charge < -0.3 is 14.2 Å². The van der Waals surface area contributed by atoms with Gasteiger partial charge in [0, 0.05) is 51.1 Å². The first kappa shape index (κ1) is 36.9. The molecule has 63 heavy (non-hydrogen) atoms. The first-order valence-corrected chi connectivity index (χ1v) is 21.7. The van der Waals surface area contributed by atoms with Crippen molar-refractivity contribution in [2.45, 2.75) is 32.9 Å². The van der Waals surface area contributed by atoms with E-state index < -0.39 is 0 Å². The fraction of sp³-hybridized carbons (Fsp3) is 0.0862. The molecule has 5 heteroatoms. The van der Waals surface area contributed by atoms with E-state index in [0.717, 1.165) is 45.1 Å². The van der Waals surface area contributed by atoms with Crippen LogP contribution < -0.4 is 9.64 Å². The van der Waals surface area contributed by atoms with Gasteiger partial charge >= 0.3 is 0 Å². The quantitative estimate of drug-likeness (QED) is 0.174. The first-order valence-electron chi connectivity index (χ1n) is 21.7. The second-order valence-electron chi connectivity index (χ2n) is 17.6. The molecule has 0 bridgehead atoms. The van der Waals surface area contributed by atoms with Gasteiger partial charge in [0.25, 0.3) is 0 Å². The van der Waals surface area contributed by atoms with Crippen molar-refractivity contribution in [2.75, 3.05) is 4.90 Å². The lowest BCUT2D eigenvalue weighted by molar-refractivity contribution is 0.483. The van der Waals surface area contributed by atoms with Crippen LogP contribution in [0.2, 0.25) is 0 Å². The summed E-state index contributed by atoms with van der Waals surface area (Å²) in [6.45, 7) is 7.34. The van der Waals surface area contributed by atoms with Gasteiger partial charge in [-0.15, -0.1) is 0 Å². The average molecular weight is 813 g/mol. The Morgan fingerprint density at radius 2 is 1.08 bits per heavy atom. The van der Waals surface area contributed by atoms with E-state index in [1.54, 1.807) is 0 Å². The molecule has 1 aliphatic heterocycles. The van der Waals surface area contributed by atoms with Gasteiger partial charge in [-0.2, -0.15) is 0 Å². The Morgan fingerprint density at radius 1 is 0.476 bits per heavy atom. The van der Waals surface area contributed by atoms with Crippen molar-refractivity contribution >= 4 is 76.5 Å². The van der Waals surface area contributed by atoms with Crippen LogP contribution in [0.4, 0.5) is 11.4 Å². The summed E-state index contributed by atoms with van der Waals surface area (Å²) >= 11 is 0. The molecule has 302 valence electrons. The summed E-state index contributed by atoms with van der Waals surface area (Å²) in [6, 6.07) is 69.9. The number of fused-ring (bicyclic) bond motifs is 10. The predicted octanol–water partition coefficient (Wildman–Crippen LogP) is 15.6. The number of para-hydroxylation sites is 3. The van der Waals surface area contributed by atoms with Gasteiger partial charge in [-0.1, -0.05) is 154 Å². The number of benzene rings is 8. The molecule has 3 aromatic heterocycles. The standard InChI is InChI=1S/C58H44N4O/c1-58(2,3)39-32-33-59-55(34-39)62-52-28-12-11-24-48(52)49-31-30-42(36-54(49)62)63-41-19-13-18-40(35-41)60-37-61-56-43(38-16-5-4-6-17-38)25-14-26-50(56)46-22-9-7-20-44(46)45-21-8-10-23-47(45)51-27-15-29-53(60)57(51)61/h4-36H,37H2,1-3H3. The molecule has 12 rings (SSSR count). The second-order valence-corrected chi connectivity index (χ2v) is 17.6. The van der Waals surface area contributed by atoms with Gasteiger partial charge in [0.05, 0.1) is 27.8 Å². The summed E-state index contributed by atoms with van der Waals surface area (Å²) in [6.07, 6.45) is 1.92. The molecule has 11 aromatic rings. The fourth-order valence-corrected chi connectivity index (χ4v) is 9.87. The lowest BCUT2D eigenvalue weighted by Gasteiger charge is -2.21. The van der Waals surface area contributed by atoms with Crippen LogP contribution in [0.15, 0.2) is 200 Å². The number of pyridine rings is 1. The third-order valence-corrected chi connectivity index (χ3v) is 12.8. The summed E-state index contributed by atoms with van der Waals surface area (Å²) in [5.74, 6) is 2.43. The van der Waals surface area contributed by atoms with Crippen molar-refractivity contribution in [1.82, 2.24) is 14.1 Å². The zero-order valence-electron chi connectivity index (χ0n) is 35.5. The van der Waals surface area contributed by atoms with Crippen molar-refractivity contribution in [3.8, 4) is 28.4 Å². The summed E-state index contributed by atoms with van der Waals surface area (Å²) in [5.41, 5.74) is 10.4. The first-order chi connectivity index (χ1) is 30.9. The Labute approximate surface area is 366 Å². The molecule has 0 unspecified atom stereocenters. The van der Waals surface area contributed by atoms with Crippen LogP contribution in [-0.4, -0.2) is 14.1 Å². The smallest absolute Gasteiger partial charge is 0.137 e. The molecule has 0 amide bonds. The number of aromatic nitrogens is 3. The number of rotatable bonds is 5. The monoisotopic (exact) mass is 812 g/mol. The number of anilines is 2. The van der Waals surface area contributed by atoms with Gasteiger partial charge in [0.2, 0.25) is 0 Å². The molecule has 0 radical (unpaired) electrons. The molecule has 0 N–H and O–H groups in total. The van der Waals surface area contributed by atoms with E-state index >= 15 is 0 Å². The molecule has 5 nitrogen and oxygen atoms in total. The van der Waals surface area contributed by atoms with E-state index in [9.17, 15) is 0 Å². The Balaban J connectivity index is 1.03. The summed E-state index contributed by atoms with van der Waals surface area (Å²) in [5, 5.41) is 9.64. The lowest BCUT2D eigenvalue weighted by Crippen LogP contribution is -2.14. The third-order valence-electron chi connectivity index (χ3n) is 12.8. The van der Waals surface area contributed by atoms with Crippen LogP contribution in [0.3, 0.4) is 0 Å². The summed E-state index contributed by atoms with van der Waals surface area (Å²) in [4.78, 5) is 7.33. The van der Waals surface area contributed by atoms with Crippen LogP contribution in [0.25, 0.3) is 82.1 Å². The van der Waals surface area contributed by atoms with Crippen molar-refractivity contribution in [1.29, 1.82) is 0 Å². The van der Waals surface area contributed by atoms with Crippen molar-refractivity contribution in [3.05, 3.63) is 206 Å². The van der Waals surface area contributed by atoms with E-state index in [0.29, 0.717) is 6.67 Å². The molecule has 0 saturated heterocycles. The number of hydrogen-bond acceptors (Lipinski definition) is 3. The Morgan fingerprint density at radius 3 is 1.83 bits per heavy atom. The maximum Gasteiger partial charge on any atom is 0.137 e. The minimum absolute atomic E-state index is 0.0107. The highest BCUT2D eigenvalue weighted by molar-refractivity contribution is 6.22. The Bertz CT molecular complexity index is 3680. The van der Waals surface area contributed by atoms with Crippen LogP contribution in [0.1, 0.15) is 26.3 Å². The molecule has 8 aromatic carbocycles. The topological polar surface area (TPSA) is 35.2 Å². The number of nitrogens with zero attached hydrogens (tertiary/aromatic N) is 4. The number of hydrogen-bond donors (Lipinski definition) is 0. The van der Waals surface area contributed by atoms with E-state index in [1.165, 1.54) is 65.4 Å². The van der Waals surface area contributed by atoms with Crippen LogP contribution >= 0.6 is 0 Å². The highest BCUT2D eigenvalue weighted by Crippen LogP contribution is 2.45. The normalized spacial score (nSPS) is 12.6. The van der Waals surface area contributed by atoms with Crippen LogP contribution in [0, 0.1) is 0 Å². The van der Waals surface area contributed by atoms with E-state index in [-0.39, 0.29) is 5.41 Å². The van der Waals surface area contributed by atoms with Crippen molar-refractivity contribution < 1.29 is 4.74 Å². The Kier molecular flexibility index (Phi) is 8.41. The van der Waals surface area contributed by atoms with E-state index in [2.05, 4.69) is 229 Å². The molecule has 0 aliphatic carbocycles. The molecule has 0 saturated carbocycles. The second kappa shape index (κ2) is 14.4. The summed E-state index contributed by atoms with van der Waals surface area (Å²) < 4.78 is 11.6. The minimum atomic E-state index is -0.0107. The van der Waals surface area contributed by atoms with Gasteiger partial charge in [0.1, 0.15) is 24.0 Å². The molecule has 4 heterocycles. The largest absolute Gasteiger partial charge is 0.457 e. The van der Waals surface area contributed by atoms with Gasteiger partial charge in [-0.05, 0) is 86.6 Å². The average Bonchev–Trinajstić information content (AvgIpc) is 3.88. The molecule has 0 spiro atoms. The maximum absolute atomic E-state index is 6.83. The lowest BCUT2D eigenvalue weighted by atomic mass is 9.88. The molecule has 0 fully saturated rings. The zero-order valence-corrected chi connectivity index (χ0v) is 35.5. The zero-order chi connectivity index (χ0) is 42.2. The van der Waals surface area contributed by atoms with E-state index in [1.807, 2.05) is 6.20 Å². The predicted molar refractivity (Wildman–Crippen MR) is 263 cm³/mol. The molecule has 1 aliphatic rings. The summed E-state index contributed by atoms with van der Waals surface area (Å²) in [7, 11) is 0. The maximum atomic E-state index is 6.83. The minimum Gasteiger partial charge on any atom is -0.457 e. The molecular formula is C58H44N4O. The molecular weight excluding hydrogens is 769 g/mol. The van der Waals surface area contributed by atoms with Gasteiger partial charge in [-0.25, -0.2) is 4.98 Å². The van der Waals surface area contributed by atoms with E-state index in [4.69, 9.17) is 9.72 Å².